The van der Waals surface area contributed by atoms with Gasteiger partial charge in [-0.1, -0.05) is 12.1 Å². The number of carbonyl (C=O) groups is 2. The van der Waals surface area contributed by atoms with E-state index >= 15 is 0 Å². The van der Waals surface area contributed by atoms with Gasteiger partial charge in [0.15, 0.2) is 23.0 Å². The number of benzene rings is 2. The van der Waals surface area contributed by atoms with Crippen LogP contribution in [-0.2, 0) is 9.53 Å². The van der Waals surface area contributed by atoms with Crippen LogP contribution in [0.4, 0.5) is 10.5 Å². The van der Waals surface area contributed by atoms with Crippen molar-refractivity contribution in [3.63, 3.8) is 0 Å². The fraction of sp³-hybridized carbons (Fsp3) is 0.200. The lowest BCUT2D eigenvalue weighted by molar-refractivity contribution is -0.131. The third kappa shape index (κ3) is 5.10. The summed E-state index contributed by atoms with van der Waals surface area (Å²) in [6, 6.07) is 9.43. The molecule has 0 spiro atoms. The third-order valence-electron chi connectivity index (χ3n) is 4.05. The third-order valence-corrected chi connectivity index (χ3v) is 4.05. The lowest BCUT2D eigenvalue weighted by atomic mass is 10.1. The monoisotopic (exact) mass is 401 g/mol. The summed E-state index contributed by atoms with van der Waals surface area (Å²) >= 11 is 0. The van der Waals surface area contributed by atoms with Crippen LogP contribution in [0.2, 0.25) is 0 Å². The standard InChI is InChI=1S/C20H19NO8/c1-26-16-7-5-12(9-14(16)22)15(3-2-4-19(23)24)29-20(25)21-13-6-8-17-18(10-13)28-11-27-17/h2,4-10,15,22H,3,11H2,1H3,(H,21,25)(H,23,24)/b4-2+/t15-/m0/s1. The number of carbonyl (C=O) groups excluding carboxylic acids is 1. The Morgan fingerprint density at radius 3 is 2.72 bits per heavy atom. The molecule has 3 rings (SSSR count). The van der Waals surface area contributed by atoms with Crippen LogP contribution >= 0.6 is 0 Å². The number of carboxylic acid groups (broad SMARTS) is 1. The van der Waals surface area contributed by atoms with E-state index < -0.39 is 18.2 Å². The lowest BCUT2D eigenvalue weighted by Gasteiger charge is -2.18. The van der Waals surface area contributed by atoms with Gasteiger partial charge >= 0.3 is 12.1 Å². The van der Waals surface area contributed by atoms with Crippen molar-refractivity contribution >= 4 is 17.7 Å². The average Bonchev–Trinajstić information content (AvgIpc) is 3.14. The zero-order valence-electron chi connectivity index (χ0n) is 15.5. The van der Waals surface area contributed by atoms with Crippen molar-refractivity contribution in [1.82, 2.24) is 0 Å². The van der Waals surface area contributed by atoms with Gasteiger partial charge in [-0.25, -0.2) is 9.59 Å². The summed E-state index contributed by atoms with van der Waals surface area (Å²) in [7, 11) is 1.41. The van der Waals surface area contributed by atoms with Crippen LogP contribution < -0.4 is 19.5 Å². The van der Waals surface area contributed by atoms with E-state index in [0.717, 1.165) is 6.08 Å². The molecule has 0 aliphatic carbocycles. The van der Waals surface area contributed by atoms with Crippen molar-refractivity contribution in [3.05, 3.63) is 54.1 Å². The predicted molar refractivity (Wildman–Crippen MR) is 101 cm³/mol. The van der Waals surface area contributed by atoms with E-state index in [9.17, 15) is 14.7 Å². The Morgan fingerprint density at radius 1 is 1.21 bits per heavy atom. The second kappa shape index (κ2) is 8.87. The summed E-state index contributed by atoms with van der Waals surface area (Å²) < 4.78 is 20.9. The molecule has 9 heteroatoms. The first kappa shape index (κ1) is 19.9. The van der Waals surface area contributed by atoms with Crippen LogP contribution in [0.5, 0.6) is 23.0 Å². The normalized spacial score (nSPS) is 13.1. The molecule has 1 atom stereocenters. The molecule has 9 nitrogen and oxygen atoms in total. The number of phenolic OH excluding ortho intramolecular Hbond substituents is 1. The van der Waals surface area contributed by atoms with Crippen molar-refractivity contribution in [2.75, 3.05) is 19.2 Å². The number of methoxy groups -OCH3 is 1. The van der Waals surface area contributed by atoms with E-state index in [0.29, 0.717) is 22.7 Å². The molecule has 2 aromatic carbocycles. The van der Waals surface area contributed by atoms with E-state index in [-0.39, 0.29) is 24.7 Å². The first-order valence-corrected chi connectivity index (χ1v) is 8.60. The quantitative estimate of drug-likeness (QED) is 0.603. The minimum atomic E-state index is -1.12. The highest BCUT2D eigenvalue weighted by Crippen LogP contribution is 2.35. The topological polar surface area (TPSA) is 124 Å². The number of phenols is 1. The molecule has 0 fully saturated rings. The molecule has 1 aliphatic heterocycles. The molecular formula is C20H19NO8. The number of carboxylic acids is 1. The van der Waals surface area contributed by atoms with Gasteiger partial charge in [0.05, 0.1) is 7.11 Å². The van der Waals surface area contributed by atoms with Crippen molar-refractivity contribution in [2.24, 2.45) is 0 Å². The summed E-state index contributed by atoms with van der Waals surface area (Å²) in [5.41, 5.74) is 0.913. The fourth-order valence-corrected chi connectivity index (χ4v) is 2.70. The highest BCUT2D eigenvalue weighted by molar-refractivity contribution is 5.85. The molecular weight excluding hydrogens is 382 g/mol. The second-order valence-corrected chi connectivity index (χ2v) is 5.99. The summed E-state index contributed by atoms with van der Waals surface area (Å²) in [6.07, 6.45) is 0.814. The summed E-state index contributed by atoms with van der Waals surface area (Å²) in [4.78, 5) is 23.1. The summed E-state index contributed by atoms with van der Waals surface area (Å²) in [5.74, 6) is 0.0969. The summed E-state index contributed by atoms with van der Waals surface area (Å²) in [5, 5.41) is 21.4. The number of hydrogen-bond acceptors (Lipinski definition) is 7. The molecule has 3 N–H and O–H groups in total. The van der Waals surface area contributed by atoms with E-state index in [1.54, 1.807) is 24.3 Å². The molecule has 29 heavy (non-hydrogen) atoms. The van der Waals surface area contributed by atoms with Gasteiger partial charge in [0.25, 0.3) is 0 Å². The number of hydrogen-bond donors (Lipinski definition) is 3. The van der Waals surface area contributed by atoms with E-state index in [2.05, 4.69) is 5.32 Å². The number of amides is 1. The number of aliphatic carboxylic acids is 1. The van der Waals surface area contributed by atoms with Crippen LogP contribution in [0.25, 0.3) is 0 Å². The van der Waals surface area contributed by atoms with Gasteiger partial charge in [-0.15, -0.1) is 0 Å². The molecule has 152 valence electrons. The maximum Gasteiger partial charge on any atom is 0.412 e. The first-order valence-electron chi connectivity index (χ1n) is 8.60. The number of nitrogens with one attached hydrogen (secondary N) is 1. The number of aromatic hydroxyl groups is 1. The Morgan fingerprint density at radius 2 is 2.00 bits per heavy atom. The molecule has 1 heterocycles. The molecule has 0 bridgehead atoms. The molecule has 0 unspecified atom stereocenters. The molecule has 0 radical (unpaired) electrons. The Labute approximate surface area is 166 Å². The van der Waals surface area contributed by atoms with Crippen molar-refractivity contribution in [3.8, 4) is 23.0 Å². The van der Waals surface area contributed by atoms with E-state index in [1.165, 1.54) is 25.3 Å². The van der Waals surface area contributed by atoms with Gasteiger partial charge in [0.2, 0.25) is 6.79 Å². The zero-order valence-corrected chi connectivity index (χ0v) is 15.5. The first-order chi connectivity index (χ1) is 14.0. The van der Waals surface area contributed by atoms with Gasteiger partial charge in [-0.2, -0.15) is 0 Å². The number of ether oxygens (including phenoxy) is 4. The Hall–Kier alpha value is -3.88. The van der Waals surface area contributed by atoms with Crippen LogP contribution in [-0.4, -0.2) is 36.2 Å². The van der Waals surface area contributed by atoms with Gasteiger partial charge in [0.1, 0.15) is 6.10 Å². The highest BCUT2D eigenvalue weighted by atomic mass is 16.7. The minimum Gasteiger partial charge on any atom is -0.504 e. The molecule has 1 aliphatic rings. The molecule has 1 amide bonds. The van der Waals surface area contributed by atoms with Crippen molar-refractivity contribution in [1.29, 1.82) is 0 Å². The van der Waals surface area contributed by atoms with Gasteiger partial charge in [0, 0.05) is 24.3 Å². The van der Waals surface area contributed by atoms with Crippen LogP contribution in [0.1, 0.15) is 18.1 Å². The van der Waals surface area contributed by atoms with Gasteiger partial charge < -0.3 is 29.2 Å². The molecule has 0 saturated heterocycles. The van der Waals surface area contributed by atoms with Crippen molar-refractivity contribution < 1.29 is 38.7 Å². The highest BCUT2D eigenvalue weighted by Gasteiger charge is 2.19. The second-order valence-electron chi connectivity index (χ2n) is 5.99. The smallest absolute Gasteiger partial charge is 0.412 e. The predicted octanol–water partition coefficient (Wildman–Crippen LogP) is 3.45. The van der Waals surface area contributed by atoms with Crippen molar-refractivity contribution in [2.45, 2.75) is 12.5 Å². The number of rotatable bonds is 7. The largest absolute Gasteiger partial charge is 0.504 e. The van der Waals surface area contributed by atoms with Crippen LogP contribution in [0.3, 0.4) is 0 Å². The minimum absolute atomic E-state index is 0.0899. The number of anilines is 1. The fourth-order valence-electron chi connectivity index (χ4n) is 2.70. The van der Waals surface area contributed by atoms with Crippen LogP contribution in [0, 0.1) is 0 Å². The van der Waals surface area contributed by atoms with E-state index in [4.69, 9.17) is 24.1 Å². The molecule has 0 aromatic heterocycles. The van der Waals surface area contributed by atoms with E-state index in [1.807, 2.05) is 0 Å². The Balaban J connectivity index is 1.74. The zero-order chi connectivity index (χ0) is 20.8. The summed E-state index contributed by atoms with van der Waals surface area (Å²) in [6.45, 7) is 0.113. The maximum atomic E-state index is 12.4. The lowest BCUT2D eigenvalue weighted by Crippen LogP contribution is -2.17. The Kier molecular flexibility index (Phi) is 6.08. The Bertz CT molecular complexity index is 940. The SMILES string of the molecule is COc1ccc([C@H](C/C=C/C(=O)O)OC(=O)Nc2ccc3c(c2)OCO3)cc1O. The number of fused-ring (bicyclic) bond motifs is 1. The molecule has 2 aromatic rings. The maximum absolute atomic E-state index is 12.4. The molecule has 0 saturated carbocycles. The van der Waals surface area contributed by atoms with Gasteiger partial charge in [-0.3, -0.25) is 5.32 Å². The van der Waals surface area contributed by atoms with Crippen LogP contribution in [0.15, 0.2) is 48.6 Å². The van der Waals surface area contributed by atoms with Gasteiger partial charge in [-0.05, 0) is 29.8 Å². The average molecular weight is 401 g/mol.